The number of alkyl halides is 1. The number of nitro groups is 1. The summed E-state index contributed by atoms with van der Waals surface area (Å²) < 4.78 is 0. The molecule has 0 aromatic heterocycles. The van der Waals surface area contributed by atoms with Crippen molar-refractivity contribution in [2.45, 2.75) is 32.6 Å². The molecule has 0 atom stereocenters. The van der Waals surface area contributed by atoms with Gasteiger partial charge in [-0.2, -0.15) is 0 Å². The van der Waals surface area contributed by atoms with Gasteiger partial charge in [-0.25, -0.2) is 0 Å². The first kappa shape index (κ1) is 15.1. The van der Waals surface area contributed by atoms with E-state index in [1.807, 2.05) is 6.07 Å². The first-order valence-corrected chi connectivity index (χ1v) is 7.64. The Hall–Kier alpha value is -1.29. The van der Waals surface area contributed by atoms with Crippen molar-refractivity contribution in [3.8, 4) is 0 Å². The molecule has 0 spiro atoms. The largest absolute Gasteiger partial charge is 0.371 e. The molecular weight excluding hydrogens is 276 g/mol. The molecule has 4 nitrogen and oxygen atoms in total. The molecule has 1 fully saturated rings. The molecule has 2 rings (SSSR count). The van der Waals surface area contributed by atoms with Gasteiger partial charge in [0.1, 0.15) is 0 Å². The molecule has 20 heavy (non-hydrogen) atoms. The number of halogens is 1. The third-order valence-electron chi connectivity index (χ3n) is 4.24. The molecule has 1 aliphatic rings. The summed E-state index contributed by atoms with van der Waals surface area (Å²) in [5, 5.41) is 10.8. The van der Waals surface area contributed by atoms with E-state index < -0.39 is 0 Å². The molecule has 0 unspecified atom stereocenters. The van der Waals surface area contributed by atoms with E-state index in [4.69, 9.17) is 11.6 Å². The Morgan fingerprint density at radius 1 is 1.40 bits per heavy atom. The van der Waals surface area contributed by atoms with Gasteiger partial charge in [-0.05, 0) is 36.3 Å². The molecule has 1 aliphatic heterocycles. The van der Waals surface area contributed by atoms with E-state index in [2.05, 4.69) is 18.7 Å². The standard InChI is InChI=1S/C15H21ClN2O2/c1-11(2)12-5-7-17(8-6-12)15-4-3-14(18(19)20)9-13(15)10-16/h3-4,9,11-12H,5-8,10H2,1-2H3. The van der Waals surface area contributed by atoms with Crippen LogP contribution in [-0.4, -0.2) is 18.0 Å². The zero-order chi connectivity index (χ0) is 14.7. The first-order valence-electron chi connectivity index (χ1n) is 7.11. The lowest BCUT2D eigenvalue weighted by Gasteiger charge is -2.36. The third kappa shape index (κ3) is 3.23. The number of hydrogen-bond donors (Lipinski definition) is 0. The average Bonchev–Trinajstić information content (AvgIpc) is 2.46. The van der Waals surface area contributed by atoms with E-state index in [0.717, 1.165) is 36.2 Å². The van der Waals surface area contributed by atoms with Gasteiger partial charge in [0.05, 0.1) is 4.92 Å². The Labute approximate surface area is 124 Å². The Morgan fingerprint density at radius 2 is 2.05 bits per heavy atom. The molecule has 5 heteroatoms. The second-order valence-electron chi connectivity index (χ2n) is 5.77. The van der Waals surface area contributed by atoms with Gasteiger partial charge in [-0.3, -0.25) is 10.1 Å². The zero-order valence-electron chi connectivity index (χ0n) is 12.0. The highest BCUT2D eigenvalue weighted by molar-refractivity contribution is 6.17. The van der Waals surface area contributed by atoms with E-state index >= 15 is 0 Å². The minimum absolute atomic E-state index is 0.112. The van der Waals surface area contributed by atoms with Crippen LogP contribution in [0.1, 0.15) is 32.3 Å². The van der Waals surface area contributed by atoms with Crippen molar-refractivity contribution in [2.24, 2.45) is 11.8 Å². The highest BCUT2D eigenvalue weighted by Crippen LogP contribution is 2.32. The van der Waals surface area contributed by atoms with Crippen LogP contribution in [0.3, 0.4) is 0 Å². The molecule has 0 amide bonds. The van der Waals surface area contributed by atoms with Gasteiger partial charge in [0.2, 0.25) is 0 Å². The maximum absolute atomic E-state index is 10.8. The molecule has 0 radical (unpaired) electrons. The number of rotatable bonds is 4. The lowest BCUT2D eigenvalue weighted by molar-refractivity contribution is -0.384. The fraction of sp³-hybridized carbons (Fsp3) is 0.600. The molecule has 1 aromatic rings. The summed E-state index contributed by atoms with van der Waals surface area (Å²) in [5.41, 5.74) is 2.01. The highest BCUT2D eigenvalue weighted by atomic mass is 35.5. The fourth-order valence-corrected chi connectivity index (χ4v) is 3.12. The van der Waals surface area contributed by atoms with Crippen LogP contribution in [0.25, 0.3) is 0 Å². The molecule has 0 bridgehead atoms. The summed E-state index contributed by atoms with van der Waals surface area (Å²) in [5.74, 6) is 1.81. The van der Waals surface area contributed by atoms with E-state index in [0.29, 0.717) is 5.88 Å². The van der Waals surface area contributed by atoms with Gasteiger partial charge < -0.3 is 4.90 Å². The predicted octanol–water partition coefficient (Wildman–Crippen LogP) is 4.21. The summed E-state index contributed by atoms with van der Waals surface area (Å²) in [7, 11) is 0. The lowest BCUT2D eigenvalue weighted by Crippen LogP contribution is -2.35. The SMILES string of the molecule is CC(C)C1CCN(c2ccc([N+](=O)[O-])cc2CCl)CC1. The molecular formula is C15H21ClN2O2. The van der Waals surface area contributed by atoms with Crippen LogP contribution < -0.4 is 4.90 Å². The maximum Gasteiger partial charge on any atom is 0.269 e. The van der Waals surface area contributed by atoms with E-state index in [-0.39, 0.29) is 10.6 Å². The predicted molar refractivity (Wildman–Crippen MR) is 82.4 cm³/mol. The number of non-ortho nitro benzene ring substituents is 1. The topological polar surface area (TPSA) is 46.4 Å². The maximum atomic E-state index is 10.8. The monoisotopic (exact) mass is 296 g/mol. The minimum atomic E-state index is -0.370. The van der Waals surface area contributed by atoms with Crippen molar-refractivity contribution in [1.29, 1.82) is 0 Å². The van der Waals surface area contributed by atoms with Crippen molar-refractivity contribution in [2.75, 3.05) is 18.0 Å². The minimum Gasteiger partial charge on any atom is -0.371 e. The van der Waals surface area contributed by atoms with Crippen molar-refractivity contribution in [1.82, 2.24) is 0 Å². The first-order chi connectivity index (χ1) is 9.52. The molecule has 110 valence electrons. The van der Waals surface area contributed by atoms with Crippen LogP contribution in [0.2, 0.25) is 0 Å². The molecule has 1 aromatic carbocycles. The van der Waals surface area contributed by atoms with Crippen molar-refractivity contribution < 1.29 is 4.92 Å². The van der Waals surface area contributed by atoms with Crippen molar-refractivity contribution in [3.05, 3.63) is 33.9 Å². The normalized spacial score (nSPS) is 16.7. The van der Waals surface area contributed by atoms with Crippen LogP contribution in [0.5, 0.6) is 0 Å². The molecule has 0 aliphatic carbocycles. The van der Waals surface area contributed by atoms with Crippen molar-refractivity contribution >= 4 is 23.0 Å². The quantitative estimate of drug-likeness (QED) is 0.475. The number of hydrogen-bond acceptors (Lipinski definition) is 3. The van der Waals surface area contributed by atoms with Gasteiger partial charge in [0.25, 0.3) is 5.69 Å². The van der Waals surface area contributed by atoms with Crippen LogP contribution >= 0.6 is 11.6 Å². The zero-order valence-corrected chi connectivity index (χ0v) is 12.8. The van der Waals surface area contributed by atoms with Gasteiger partial charge >= 0.3 is 0 Å². The Morgan fingerprint density at radius 3 is 2.55 bits per heavy atom. The number of anilines is 1. The van der Waals surface area contributed by atoms with Crippen LogP contribution in [-0.2, 0) is 5.88 Å². The second-order valence-corrected chi connectivity index (χ2v) is 6.04. The second kappa shape index (κ2) is 6.44. The Balaban J connectivity index is 2.15. The van der Waals surface area contributed by atoms with Crippen LogP contribution in [0.15, 0.2) is 18.2 Å². The Kier molecular flexibility index (Phi) is 4.86. The summed E-state index contributed by atoms with van der Waals surface area (Å²) >= 11 is 5.96. The van der Waals surface area contributed by atoms with Crippen LogP contribution in [0.4, 0.5) is 11.4 Å². The lowest BCUT2D eigenvalue weighted by atomic mass is 9.86. The van der Waals surface area contributed by atoms with E-state index in [1.165, 1.54) is 12.8 Å². The number of piperidine rings is 1. The molecule has 0 N–H and O–H groups in total. The van der Waals surface area contributed by atoms with E-state index in [1.54, 1.807) is 12.1 Å². The van der Waals surface area contributed by atoms with Crippen molar-refractivity contribution in [3.63, 3.8) is 0 Å². The summed E-state index contributed by atoms with van der Waals surface area (Å²) in [4.78, 5) is 12.8. The smallest absolute Gasteiger partial charge is 0.269 e. The average molecular weight is 297 g/mol. The van der Waals surface area contributed by atoms with Gasteiger partial charge in [-0.1, -0.05) is 13.8 Å². The van der Waals surface area contributed by atoms with E-state index in [9.17, 15) is 10.1 Å². The summed E-state index contributed by atoms with van der Waals surface area (Å²) in [6, 6.07) is 5.00. The summed E-state index contributed by atoms with van der Waals surface area (Å²) in [6.07, 6.45) is 2.35. The fourth-order valence-electron chi connectivity index (χ4n) is 2.91. The number of nitro benzene ring substituents is 1. The number of benzene rings is 1. The summed E-state index contributed by atoms with van der Waals surface area (Å²) in [6.45, 7) is 6.56. The third-order valence-corrected chi connectivity index (χ3v) is 4.53. The van der Waals surface area contributed by atoms with Gasteiger partial charge in [0.15, 0.2) is 0 Å². The Bertz CT molecular complexity index is 483. The molecule has 0 saturated carbocycles. The van der Waals surface area contributed by atoms with Gasteiger partial charge in [-0.15, -0.1) is 11.6 Å². The highest BCUT2D eigenvalue weighted by Gasteiger charge is 2.23. The van der Waals surface area contributed by atoms with Gasteiger partial charge in [0, 0.05) is 36.8 Å². The van der Waals surface area contributed by atoms with Crippen LogP contribution in [0, 0.1) is 22.0 Å². The molecule has 1 saturated heterocycles. The molecule has 1 heterocycles. The number of nitrogens with zero attached hydrogens (tertiary/aromatic N) is 2.